The third-order valence-electron chi connectivity index (χ3n) is 3.37. The lowest BCUT2D eigenvalue weighted by atomic mass is 9.90. The zero-order valence-electron chi connectivity index (χ0n) is 10.6. The summed E-state index contributed by atoms with van der Waals surface area (Å²) >= 11 is 0. The van der Waals surface area contributed by atoms with Crippen LogP contribution in [-0.4, -0.2) is 29.6 Å². The first-order chi connectivity index (χ1) is 8.62. The predicted octanol–water partition coefficient (Wildman–Crippen LogP) is 0.767. The minimum atomic E-state index is -0.797. The number of aromatic nitrogens is 1. The largest absolute Gasteiger partial charge is 0.381 e. The minimum absolute atomic E-state index is 0.0885. The van der Waals surface area contributed by atoms with Gasteiger partial charge < -0.3 is 15.8 Å². The SMILES string of the molecule is CC(NC(=O)C1(N)CCOCC1)c1cccnc1. The fraction of sp³-hybridized carbons (Fsp3) is 0.538. The van der Waals surface area contributed by atoms with Gasteiger partial charge in [-0.3, -0.25) is 9.78 Å². The van der Waals surface area contributed by atoms with Gasteiger partial charge in [-0.05, 0) is 31.4 Å². The Bertz CT molecular complexity index is 402. The van der Waals surface area contributed by atoms with Gasteiger partial charge in [0.1, 0.15) is 0 Å². The maximum absolute atomic E-state index is 12.2. The van der Waals surface area contributed by atoms with Crippen LogP contribution in [0.2, 0.25) is 0 Å². The van der Waals surface area contributed by atoms with Gasteiger partial charge in [0.2, 0.25) is 5.91 Å². The Morgan fingerprint density at radius 2 is 2.28 bits per heavy atom. The Hall–Kier alpha value is -1.46. The number of carbonyl (C=O) groups excluding carboxylic acids is 1. The summed E-state index contributed by atoms with van der Waals surface area (Å²) in [5, 5.41) is 2.95. The highest BCUT2D eigenvalue weighted by molar-refractivity contribution is 5.86. The van der Waals surface area contributed by atoms with Crippen LogP contribution in [0, 0.1) is 0 Å². The van der Waals surface area contributed by atoms with Crippen molar-refractivity contribution in [3.8, 4) is 0 Å². The molecule has 2 rings (SSSR count). The van der Waals surface area contributed by atoms with Crippen molar-refractivity contribution in [3.05, 3.63) is 30.1 Å². The van der Waals surface area contributed by atoms with E-state index in [0.29, 0.717) is 26.1 Å². The van der Waals surface area contributed by atoms with Crippen LogP contribution in [-0.2, 0) is 9.53 Å². The third kappa shape index (κ3) is 2.86. The number of nitrogens with two attached hydrogens (primary N) is 1. The number of amides is 1. The Morgan fingerprint density at radius 3 is 2.89 bits per heavy atom. The first-order valence-corrected chi connectivity index (χ1v) is 6.19. The van der Waals surface area contributed by atoms with Crippen molar-refractivity contribution in [1.29, 1.82) is 0 Å². The van der Waals surface area contributed by atoms with Gasteiger partial charge in [-0.1, -0.05) is 6.07 Å². The topological polar surface area (TPSA) is 77.2 Å². The molecule has 1 aliphatic rings. The number of nitrogens with one attached hydrogen (secondary N) is 1. The van der Waals surface area contributed by atoms with Crippen molar-refractivity contribution < 1.29 is 9.53 Å². The van der Waals surface area contributed by atoms with E-state index in [1.165, 1.54) is 0 Å². The second kappa shape index (κ2) is 5.46. The molecule has 2 heterocycles. The molecule has 0 bridgehead atoms. The normalized spacial score (nSPS) is 20.1. The van der Waals surface area contributed by atoms with Crippen LogP contribution in [0.25, 0.3) is 0 Å². The van der Waals surface area contributed by atoms with E-state index < -0.39 is 5.54 Å². The van der Waals surface area contributed by atoms with E-state index in [1.54, 1.807) is 12.4 Å². The molecule has 1 amide bonds. The molecule has 5 heteroatoms. The molecule has 0 saturated carbocycles. The number of hydrogen-bond donors (Lipinski definition) is 2. The van der Waals surface area contributed by atoms with Crippen LogP contribution in [0.5, 0.6) is 0 Å². The summed E-state index contributed by atoms with van der Waals surface area (Å²) in [6, 6.07) is 3.70. The molecule has 1 saturated heterocycles. The number of hydrogen-bond acceptors (Lipinski definition) is 4. The van der Waals surface area contributed by atoms with E-state index in [1.807, 2.05) is 19.1 Å². The van der Waals surface area contributed by atoms with E-state index in [9.17, 15) is 4.79 Å². The standard InChI is InChI=1S/C13H19N3O2/c1-10(11-3-2-6-15-9-11)16-12(17)13(14)4-7-18-8-5-13/h2-3,6,9-10H,4-5,7-8,14H2,1H3,(H,16,17). The van der Waals surface area contributed by atoms with E-state index in [4.69, 9.17) is 10.5 Å². The molecule has 0 radical (unpaired) electrons. The summed E-state index contributed by atoms with van der Waals surface area (Å²) < 4.78 is 5.23. The average molecular weight is 249 g/mol. The first-order valence-electron chi connectivity index (χ1n) is 6.19. The van der Waals surface area contributed by atoms with Gasteiger partial charge in [-0.25, -0.2) is 0 Å². The second-order valence-corrected chi connectivity index (χ2v) is 4.75. The van der Waals surface area contributed by atoms with Gasteiger partial charge in [-0.15, -0.1) is 0 Å². The van der Waals surface area contributed by atoms with E-state index in [2.05, 4.69) is 10.3 Å². The van der Waals surface area contributed by atoms with Gasteiger partial charge in [0.25, 0.3) is 0 Å². The van der Waals surface area contributed by atoms with Crippen LogP contribution in [0.3, 0.4) is 0 Å². The van der Waals surface area contributed by atoms with E-state index in [-0.39, 0.29) is 11.9 Å². The molecule has 98 valence electrons. The van der Waals surface area contributed by atoms with Crippen molar-refractivity contribution in [3.63, 3.8) is 0 Å². The minimum Gasteiger partial charge on any atom is -0.381 e. The maximum Gasteiger partial charge on any atom is 0.240 e. The number of rotatable bonds is 3. The summed E-state index contributed by atoms with van der Waals surface area (Å²) in [5.74, 6) is -0.109. The lowest BCUT2D eigenvalue weighted by Gasteiger charge is -2.33. The van der Waals surface area contributed by atoms with Crippen molar-refractivity contribution in [1.82, 2.24) is 10.3 Å². The van der Waals surface area contributed by atoms with Crippen molar-refractivity contribution in [2.75, 3.05) is 13.2 Å². The van der Waals surface area contributed by atoms with Crippen LogP contribution >= 0.6 is 0 Å². The molecule has 1 aromatic rings. The van der Waals surface area contributed by atoms with Gasteiger partial charge in [0, 0.05) is 25.6 Å². The highest BCUT2D eigenvalue weighted by atomic mass is 16.5. The molecule has 0 aromatic carbocycles. The van der Waals surface area contributed by atoms with E-state index in [0.717, 1.165) is 5.56 Å². The molecule has 0 aliphatic carbocycles. The van der Waals surface area contributed by atoms with Gasteiger partial charge >= 0.3 is 0 Å². The summed E-state index contributed by atoms with van der Waals surface area (Å²) in [7, 11) is 0. The molecule has 1 unspecified atom stereocenters. The smallest absolute Gasteiger partial charge is 0.240 e. The molecule has 1 atom stereocenters. The molecular formula is C13H19N3O2. The average Bonchev–Trinajstić information content (AvgIpc) is 2.40. The molecular weight excluding hydrogens is 230 g/mol. The third-order valence-corrected chi connectivity index (χ3v) is 3.37. The summed E-state index contributed by atoms with van der Waals surface area (Å²) in [6.45, 7) is 3.02. The predicted molar refractivity (Wildman–Crippen MR) is 67.8 cm³/mol. The summed E-state index contributed by atoms with van der Waals surface area (Å²) in [4.78, 5) is 16.2. The van der Waals surface area contributed by atoms with Crippen LogP contribution < -0.4 is 11.1 Å². The lowest BCUT2D eigenvalue weighted by Crippen LogP contribution is -2.57. The zero-order valence-corrected chi connectivity index (χ0v) is 10.6. The number of pyridine rings is 1. The van der Waals surface area contributed by atoms with Crippen molar-refractivity contribution in [2.45, 2.75) is 31.3 Å². The number of carbonyl (C=O) groups is 1. The molecule has 3 N–H and O–H groups in total. The Morgan fingerprint density at radius 1 is 1.56 bits per heavy atom. The Balaban J connectivity index is 1.98. The number of nitrogens with zero attached hydrogens (tertiary/aromatic N) is 1. The summed E-state index contributed by atoms with van der Waals surface area (Å²) in [5.41, 5.74) is 6.30. The van der Waals surface area contributed by atoms with Crippen molar-refractivity contribution >= 4 is 5.91 Å². The fourth-order valence-corrected chi connectivity index (χ4v) is 2.02. The lowest BCUT2D eigenvalue weighted by molar-refractivity contribution is -0.130. The summed E-state index contributed by atoms with van der Waals surface area (Å²) in [6.07, 6.45) is 4.59. The molecule has 0 spiro atoms. The highest BCUT2D eigenvalue weighted by Crippen LogP contribution is 2.19. The molecule has 1 fully saturated rings. The first kappa shape index (κ1) is 13.0. The number of ether oxygens (including phenoxy) is 1. The zero-order chi connectivity index (χ0) is 13.0. The fourth-order valence-electron chi connectivity index (χ4n) is 2.02. The molecule has 5 nitrogen and oxygen atoms in total. The van der Waals surface area contributed by atoms with E-state index >= 15 is 0 Å². The Kier molecular flexibility index (Phi) is 3.93. The monoisotopic (exact) mass is 249 g/mol. The molecule has 18 heavy (non-hydrogen) atoms. The molecule has 1 aliphatic heterocycles. The van der Waals surface area contributed by atoms with Gasteiger partial charge in [-0.2, -0.15) is 0 Å². The molecule has 1 aromatic heterocycles. The Labute approximate surface area is 107 Å². The van der Waals surface area contributed by atoms with Crippen molar-refractivity contribution in [2.24, 2.45) is 5.73 Å². The van der Waals surface area contributed by atoms with Crippen LogP contribution in [0.15, 0.2) is 24.5 Å². The highest BCUT2D eigenvalue weighted by Gasteiger charge is 2.36. The van der Waals surface area contributed by atoms with Crippen LogP contribution in [0.4, 0.5) is 0 Å². The van der Waals surface area contributed by atoms with Gasteiger partial charge in [0.05, 0.1) is 11.6 Å². The quantitative estimate of drug-likeness (QED) is 0.829. The van der Waals surface area contributed by atoms with Gasteiger partial charge in [0.15, 0.2) is 0 Å². The maximum atomic E-state index is 12.2. The van der Waals surface area contributed by atoms with Crippen LogP contribution in [0.1, 0.15) is 31.4 Å². The second-order valence-electron chi connectivity index (χ2n) is 4.75.